The summed E-state index contributed by atoms with van der Waals surface area (Å²) in [6, 6.07) is 23.5. The molecule has 3 aromatic rings. The summed E-state index contributed by atoms with van der Waals surface area (Å²) in [5, 5.41) is 2.81. The number of rotatable bonds is 4. The van der Waals surface area contributed by atoms with Crippen molar-refractivity contribution in [3.8, 4) is 0 Å². The van der Waals surface area contributed by atoms with Crippen LogP contribution in [0, 0.1) is 6.92 Å². The van der Waals surface area contributed by atoms with Crippen molar-refractivity contribution in [1.82, 2.24) is 0 Å². The van der Waals surface area contributed by atoms with Gasteiger partial charge in [0.1, 0.15) is 11.0 Å². The highest BCUT2D eigenvalue weighted by atomic mass is 31.1. The van der Waals surface area contributed by atoms with Crippen LogP contribution < -0.4 is 15.9 Å². The molecule has 0 saturated heterocycles. The molecule has 0 aliphatic rings. The molecule has 3 rings (SSSR count). The summed E-state index contributed by atoms with van der Waals surface area (Å²) in [4.78, 5) is 4.67. The van der Waals surface area contributed by atoms with Crippen LogP contribution in [0.5, 0.6) is 0 Å². The van der Waals surface area contributed by atoms with Crippen molar-refractivity contribution in [2.24, 2.45) is 4.99 Å². The number of nitrogens with zero attached hydrogens (tertiary/aromatic N) is 1. The summed E-state index contributed by atoms with van der Waals surface area (Å²) in [6.45, 7) is 2.06. The highest BCUT2D eigenvalue weighted by molar-refractivity contribution is 7.61. The number of aryl methyl sites for hydroxylation is 1. The molecule has 4 heteroatoms. The Hall–Kier alpha value is -2.14. The molecule has 0 N–H and O–H groups in total. The lowest BCUT2D eigenvalue weighted by Crippen LogP contribution is -2.11. The van der Waals surface area contributed by atoms with Crippen molar-refractivity contribution in [2.45, 2.75) is 6.92 Å². The normalized spacial score (nSPS) is 11.8. The predicted octanol–water partition coefficient (Wildman–Crippen LogP) is 3.76. The number of para-hydroxylation sites is 1. The first-order chi connectivity index (χ1) is 11.7. The number of hydrogen-bond acceptors (Lipinski definition) is 2. The second kappa shape index (κ2) is 7.62. The van der Waals surface area contributed by atoms with Gasteiger partial charge in [-0.2, -0.15) is 0 Å². The van der Waals surface area contributed by atoms with Gasteiger partial charge in [-0.1, -0.05) is 47.0 Å². The molecule has 0 heterocycles. The molecule has 0 bridgehead atoms. The first-order valence-corrected chi connectivity index (χ1v) is 9.70. The minimum Gasteiger partial charge on any atom is -0.252 e. The molecule has 0 amide bonds. The molecule has 2 unspecified atom stereocenters. The molecule has 3 aromatic carbocycles. The molecule has 0 spiro atoms. The van der Waals surface area contributed by atoms with Crippen molar-refractivity contribution in [3.63, 3.8) is 0 Å². The topological polar surface area (TPSA) is 29.4 Å². The number of benzene rings is 3. The van der Waals surface area contributed by atoms with E-state index in [1.165, 1.54) is 0 Å². The zero-order chi connectivity index (χ0) is 16.9. The van der Waals surface area contributed by atoms with Crippen LogP contribution in [0.2, 0.25) is 0 Å². The lowest BCUT2D eigenvalue weighted by atomic mass is 10.2. The van der Waals surface area contributed by atoms with Gasteiger partial charge in [-0.3, -0.25) is 4.99 Å². The van der Waals surface area contributed by atoms with E-state index in [1.807, 2.05) is 76.1 Å². The summed E-state index contributed by atoms with van der Waals surface area (Å²) in [5.74, 6) is 0. The highest BCUT2D eigenvalue weighted by Crippen LogP contribution is 2.22. The first kappa shape index (κ1) is 16.7. The average molecular weight is 351 g/mol. The van der Waals surface area contributed by atoms with Crippen LogP contribution in [0.3, 0.4) is 0 Å². The number of aliphatic imine (C=N–C) groups is 1. The Morgan fingerprint density at radius 3 is 2.38 bits per heavy atom. The summed E-state index contributed by atoms with van der Waals surface area (Å²) in [6.07, 6.45) is 1.82. The van der Waals surface area contributed by atoms with Crippen LogP contribution in [0.1, 0.15) is 11.1 Å². The molecule has 0 radical (unpaired) electrons. The minimum absolute atomic E-state index is 0.816. The lowest BCUT2D eigenvalue weighted by Gasteiger charge is -2.00. The van der Waals surface area contributed by atoms with E-state index < -0.39 is 7.80 Å². The van der Waals surface area contributed by atoms with E-state index in [0.29, 0.717) is 0 Å². The Labute approximate surface area is 145 Å². The summed E-state index contributed by atoms with van der Waals surface area (Å²) in [7, 11) is 0.205. The molecule has 0 saturated carbocycles. The van der Waals surface area contributed by atoms with Crippen molar-refractivity contribution < 1.29 is 4.57 Å². The molecule has 0 aromatic heterocycles. The van der Waals surface area contributed by atoms with Crippen LogP contribution in [0.4, 0.5) is 5.69 Å². The molecule has 2 nitrogen and oxygen atoms in total. The Morgan fingerprint density at radius 1 is 0.917 bits per heavy atom. The van der Waals surface area contributed by atoms with Crippen LogP contribution in [0.25, 0.3) is 0 Å². The zero-order valence-corrected chi connectivity index (χ0v) is 15.8. The molecule has 0 aliphatic heterocycles. The van der Waals surface area contributed by atoms with E-state index in [4.69, 9.17) is 0 Å². The third-order valence-corrected chi connectivity index (χ3v) is 5.98. The van der Waals surface area contributed by atoms with Gasteiger partial charge >= 0.3 is 7.80 Å². The second-order valence-corrected chi connectivity index (χ2v) is 7.88. The smallest absolute Gasteiger partial charge is 0.252 e. The van der Waals surface area contributed by atoms with E-state index in [-0.39, 0.29) is 0 Å². The Morgan fingerprint density at radius 2 is 1.62 bits per heavy atom. The number of hydrogen-bond donors (Lipinski definition) is 0. The SMILES string of the molecule is Cc1cccc([PH3+])c1N=Cc1ccccc1[P+](=O)c1ccccc1. The van der Waals surface area contributed by atoms with Gasteiger partial charge in [0, 0.05) is 21.0 Å². The van der Waals surface area contributed by atoms with E-state index in [9.17, 15) is 4.57 Å². The largest absolute Gasteiger partial charge is 0.415 e. The molecular weight excluding hydrogens is 332 g/mol. The van der Waals surface area contributed by atoms with E-state index in [2.05, 4.69) is 24.0 Å². The van der Waals surface area contributed by atoms with Gasteiger partial charge in [0.2, 0.25) is 5.30 Å². The molecule has 118 valence electrons. The van der Waals surface area contributed by atoms with E-state index >= 15 is 0 Å². The summed E-state index contributed by atoms with van der Waals surface area (Å²) in [5.41, 5.74) is 3.03. The van der Waals surface area contributed by atoms with Gasteiger partial charge in [0.25, 0.3) is 0 Å². The van der Waals surface area contributed by atoms with Crippen molar-refractivity contribution in [1.29, 1.82) is 0 Å². The fourth-order valence-corrected chi connectivity index (χ4v) is 4.34. The van der Waals surface area contributed by atoms with Gasteiger partial charge in [-0.15, -0.1) is 0 Å². The first-order valence-electron chi connectivity index (χ1n) is 7.74. The minimum atomic E-state index is -1.63. The zero-order valence-electron chi connectivity index (χ0n) is 13.5. The molecule has 0 aliphatic carbocycles. The Kier molecular flexibility index (Phi) is 5.30. The predicted molar refractivity (Wildman–Crippen MR) is 109 cm³/mol. The van der Waals surface area contributed by atoms with Gasteiger partial charge in [-0.25, -0.2) is 0 Å². The Balaban J connectivity index is 1.99. The lowest BCUT2D eigenvalue weighted by molar-refractivity contribution is 0.598. The van der Waals surface area contributed by atoms with Crippen LogP contribution >= 0.6 is 17.0 Å². The second-order valence-electron chi connectivity index (χ2n) is 5.53. The standard InChI is InChI=1S/C20H18NOP2/c1-15-8-7-12-18(23)20(15)21-14-16-9-5-6-13-19(16)24(22)17-10-3-2-4-11-17/h2-14H,23H2,1H3/q+1/p+1. The fourth-order valence-electron chi connectivity index (χ4n) is 2.52. The fraction of sp³-hybridized carbons (Fsp3) is 0.0500. The maximum absolute atomic E-state index is 12.9. The van der Waals surface area contributed by atoms with Crippen LogP contribution in [-0.4, -0.2) is 6.21 Å². The quantitative estimate of drug-likeness (QED) is 0.520. The maximum Gasteiger partial charge on any atom is 0.415 e. The monoisotopic (exact) mass is 351 g/mol. The summed E-state index contributed by atoms with van der Waals surface area (Å²) < 4.78 is 12.9. The molecular formula is C20H19NOP2+2. The third-order valence-electron chi connectivity index (χ3n) is 3.80. The van der Waals surface area contributed by atoms with Crippen LogP contribution in [-0.2, 0) is 4.57 Å². The van der Waals surface area contributed by atoms with Gasteiger partial charge < -0.3 is 0 Å². The third kappa shape index (κ3) is 3.67. The average Bonchev–Trinajstić information content (AvgIpc) is 2.62. The molecule has 2 atom stereocenters. The van der Waals surface area contributed by atoms with Crippen molar-refractivity contribution in [3.05, 3.63) is 83.9 Å². The van der Waals surface area contributed by atoms with Gasteiger partial charge in [0.05, 0.1) is 0 Å². The van der Waals surface area contributed by atoms with Gasteiger partial charge in [0.15, 0.2) is 5.30 Å². The van der Waals surface area contributed by atoms with E-state index in [1.54, 1.807) is 0 Å². The Bertz CT molecular complexity index is 884. The molecule has 0 fully saturated rings. The van der Waals surface area contributed by atoms with Crippen molar-refractivity contribution >= 4 is 44.9 Å². The van der Waals surface area contributed by atoms with Gasteiger partial charge in [-0.05, 0) is 42.8 Å². The maximum atomic E-state index is 12.9. The summed E-state index contributed by atoms with van der Waals surface area (Å²) >= 11 is 0. The van der Waals surface area contributed by atoms with E-state index in [0.717, 1.165) is 32.7 Å². The van der Waals surface area contributed by atoms with Crippen molar-refractivity contribution in [2.75, 3.05) is 0 Å². The highest BCUT2D eigenvalue weighted by Gasteiger charge is 2.25. The van der Waals surface area contributed by atoms with Crippen LogP contribution in [0.15, 0.2) is 77.8 Å². The molecule has 24 heavy (non-hydrogen) atoms.